The third kappa shape index (κ3) is 2.86. The van der Waals surface area contributed by atoms with E-state index in [1.165, 1.54) is 6.42 Å². The van der Waals surface area contributed by atoms with Gasteiger partial charge in [-0.25, -0.2) is 4.79 Å². The smallest absolute Gasteiger partial charge is 0.318 e. The molecule has 118 valence electrons. The number of hydrogen-bond donors (Lipinski definition) is 2. The van der Waals surface area contributed by atoms with Crippen LogP contribution in [-0.4, -0.2) is 64.2 Å². The zero-order chi connectivity index (χ0) is 15.0. The Kier molecular flexibility index (Phi) is 3.82. The van der Waals surface area contributed by atoms with Gasteiger partial charge >= 0.3 is 12.0 Å². The third-order valence-electron chi connectivity index (χ3n) is 5.37. The lowest BCUT2D eigenvalue weighted by Gasteiger charge is -2.46. The van der Waals surface area contributed by atoms with Crippen LogP contribution in [0.3, 0.4) is 0 Å². The molecule has 2 amide bonds. The maximum absolute atomic E-state index is 12.6. The number of nitrogens with one attached hydrogen (secondary N) is 1. The van der Waals surface area contributed by atoms with Crippen LogP contribution >= 0.6 is 0 Å². The zero-order valence-electron chi connectivity index (χ0n) is 12.7. The molecule has 2 heterocycles. The Balaban J connectivity index is 1.63. The molecule has 3 rings (SSSR count). The minimum Gasteiger partial charge on any atom is -0.481 e. The van der Waals surface area contributed by atoms with Gasteiger partial charge in [0.2, 0.25) is 0 Å². The van der Waals surface area contributed by atoms with E-state index < -0.39 is 11.5 Å². The fraction of sp³-hybridized carbons (Fsp3) is 0.867. The number of amides is 2. The van der Waals surface area contributed by atoms with Gasteiger partial charge in [-0.1, -0.05) is 0 Å². The van der Waals surface area contributed by atoms with E-state index in [-0.39, 0.29) is 18.5 Å². The van der Waals surface area contributed by atoms with E-state index >= 15 is 0 Å². The Bertz CT molecular complexity index is 436. The number of carboxylic acids is 1. The second-order valence-electron chi connectivity index (χ2n) is 6.93. The first-order valence-corrected chi connectivity index (χ1v) is 8.04. The highest BCUT2D eigenvalue weighted by Gasteiger charge is 2.43. The molecule has 2 N–H and O–H groups in total. The summed E-state index contributed by atoms with van der Waals surface area (Å²) < 4.78 is 0. The normalized spacial score (nSPS) is 31.4. The van der Waals surface area contributed by atoms with Crippen molar-refractivity contribution in [2.45, 2.75) is 63.1 Å². The number of fused-ring (bicyclic) bond motifs is 1. The lowest BCUT2D eigenvalue weighted by atomic mass is 9.74. The number of hydrogen-bond acceptors (Lipinski definition) is 3. The lowest BCUT2D eigenvalue weighted by Crippen LogP contribution is -2.63. The summed E-state index contributed by atoms with van der Waals surface area (Å²) in [5.74, 6) is -0.830. The van der Waals surface area contributed by atoms with Crippen molar-refractivity contribution < 1.29 is 14.7 Å². The van der Waals surface area contributed by atoms with E-state index in [1.54, 1.807) is 0 Å². The second-order valence-corrected chi connectivity index (χ2v) is 6.93. The maximum atomic E-state index is 12.6. The predicted octanol–water partition coefficient (Wildman–Crippen LogP) is 1.26. The summed E-state index contributed by atoms with van der Waals surface area (Å²) >= 11 is 0. The van der Waals surface area contributed by atoms with E-state index in [9.17, 15) is 9.59 Å². The van der Waals surface area contributed by atoms with Crippen LogP contribution in [0.2, 0.25) is 0 Å². The highest BCUT2D eigenvalue weighted by atomic mass is 16.4. The Labute approximate surface area is 125 Å². The second kappa shape index (κ2) is 5.48. The number of carbonyl (C=O) groups is 2. The van der Waals surface area contributed by atoms with Gasteiger partial charge in [0, 0.05) is 25.2 Å². The molecule has 2 unspecified atom stereocenters. The molecule has 3 fully saturated rings. The molecule has 6 nitrogen and oxygen atoms in total. The fourth-order valence-corrected chi connectivity index (χ4v) is 4.01. The Morgan fingerprint density at radius 3 is 2.67 bits per heavy atom. The van der Waals surface area contributed by atoms with E-state index in [1.807, 2.05) is 4.90 Å². The topological polar surface area (TPSA) is 72.9 Å². The molecule has 1 aliphatic carbocycles. The zero-order valence-corrected chi connectivity index (χ0v) is 12.7. The van der Waals surface area contributed by atoms with Crippen LogP contribution in [0.5, 0.6) is 0 Å². The standard InChI is InChI=1S/C15H25N3O3/c1-11-9-17-7-2-4-12(17)10-18(11)14(21)16-15(5-3-6-15)8-13(19)20/h11-12H,2-10H2,1H3,(H,16,21)(H,19,20). The van der Waals surface area contributed by atoms with Gasteiger partial charge in [-0.2, -0.15) is 0 Å². The third-order valence-corrected chi connectivity index (χ3v) is 5.37. The van der Waals surface area contributed by atoms with Gasteiger partial charge in [-0.05, 0) is 45.6 Å². The molecule has 2 saturated heterocycles. The van der Waals surface area contributed by atoms with Crippen molar-refractivity contribution in [1.29, 1.82) is 0 Å². The number of nitrogens with zero attached hydrogens (tertiary/aromatic N) is 2. The summed E-state index contributed by atoms with van der Waals surface area (Å²) in [7, 11) is 0. The van der Waals surface area contributed by atoms with Crippen molar-refractivity contribution in [1.82, 2.24) is 15.1 Å². The fourth-order valence-electron chi connectivity index (χ4n) is 4.01. The first-order valence-electron chi connectivity index (χ1n) is 8.04. The quantitative estimate of drug-likeness (QED) is 0.822. The molecule has 0 aromatic heterocycles. The minimum absolute atomic E-state index is 0.0382. The van der Waals surface area contributed by atoms with Crippen molar-refractivity contribution in [3.8, 4) is 0 Å². The van der Waals surface area contributed by atoms with E-state index in [0.717, 1.165) is 45.3 Å². The summed E-state index contributed by atoms with van der Waals surface area (Å²) in [5, 5.41) is 12.1. The van der Waals surface area contributed by atoms with E-state index in [4.69, 9.17) is 5.11 Å². The summed E-state index contributed by atoms with van der Waals surface area (Å²) in [6.07, 6.45) is 4.98. The molecule has 0 bridgehead atoms. The number of aliphatic carboxylic acids is 1. The molecular formula is C15H25N3O3. The van der Waals surface area contributed by atoms with Gasteiger partial charge in [-0.15, -0.1) is 0 Å². The number of carboxylic acid groups (broad SMARTS) is 1. The van der Waals surface area contributed by atoms with Crippen molar-refractivity contribution in [3.05, 3.63) is 0 Å². The first-order chi connectivity index (χ1) is 9.99. The maximum Gasteiger partial charge on any atom is 0.318 e. The summed E-state index contributed by atoms with van der Waals surface area (Å²) in [6.45, 7) is 4.94. The monoisotopic (exact) mass is 295 g/mol. The Hall–Kier alpha value is -1.30. The van der Waals surface area contributed by atoms with Crippen molar-refractivity contribution in [2.75, 3.05) is 19.6 Å². The van der Waals surface area contributed by atoms with Gasteiger partial charge in [-0.3, -0.25) is 9.69 Å². The van der Waals surface area contributed by atoms with Crippen LogP contribution in [0.25, 0.3) is 0 Å². The van der Waals surface area contributed by atoms with Gasteiger partial charge in [0.25, 0.3) is 0 Å². The van der Waals surface area contributed by atoms with Crippen LogP contribution in [0.4, 0.5) is 4.79 Å². The van der Waals surface area contributed by atoms with Crippen LogP contribution in [0.15, 0.2) is 0 Å². The molecule has 0 aromatic carbocycles. The lowest BCUT2D eigenvalue weighted by molar-refractivity contribution is -0.139. The molecule has 1 saturated carbocycles. The Morgan fingerprint density at radius 2 is 2.05 bits per heavy atom. The number of urea groups is 1. The van der Waals surface area contributed by atoms with Crippen LogP contribution in [-0.2, 0) is 4.79 Å². The molecule has 6 heteroatoms. The number of carbonyl (C=O) groups excluding carboxylic acids is 1. The molecule has 0 spiro atoms. The molecule has 2 atom stereocenters. The molecule has 3 aliphatic rings. The van der Waals surface area contributed by atoms with Gasteiger partial charge in [0.1, 0.15) is 0 Å². The molecule has 0 radical (unpaired) electrons. The van der Waals surface area contributed by atoms with Crippen molar-refractivity contribution in [2.24, 2.45) is 0 Å². The average Bonchev–Trinajstić information content (AvgIpc) is 2.81. The molecule has 0 aromatic rings. The minimum atomic E-state index is -0.830. The van der Waals surface area contributed by atoms with Crippen molar-refractivity contribution >= 4 is 12.0 Å². The summed E-state index contributed by atoms with van der Waals surface area (Å²) in [6, 6.07) is 0.611. The van der Waals surface area contributed by atoms with Gasteiger partial charge < -0.3 is 15.3 Å². The van der Waals surface area contributed by atoms with Crippen LogP contribution in [0.1, 0.15) is 45.4 Å². The molecule has 2 aliphatic heterocycles. The van der Waals surface area contributed by atoms with E-state index in [0.29, 0.717) is 6.04 Å². The highest BCUT2D eigenvalue weighted by molar-refractivity contribution is 5.77. The van der Waals surface area contributed by atoms with Crippen LogP contribution in [0, 0.1) is 0 Å². The van der Waals surface area contributed by atoms with Crippen LogP contribution < -0.4 is 5.32 Å². The first kappa shape index (κ1) is 14.6. The van der Waals surface area contributed by atoms with Gasteiger partial charge in [0.15, 0.2) is 0 Å². The number of rotatable bonds is 3. The predicted molar refractivity (Wildman–Crippen MR) is 78.1 cm³/mol. The molecule has 21 heavy (non-hydrogen) atoms. The summed E-state index contributed by atoms with van der Waals surface area (Å²) in [4.78, 5) is 28.0. The van der Waals surface area contributed by atoms with E-state index in [2.05, 4.69) is 17.1 Å². The largest absolute Gasteiger partial charge is 0.481 e. The average molecular weight is 295 g/mol. The van der Waals surface area contributed by atoms with Crippen molar-refractivity contribution in [3.63, 3.8) is 0 Å². The Morgan fingerprint density at radius 1 is 1.29 bits per heavy atom. The SMILES string of the molecule is CC1CN2CCCC2CN1C(=O)NC1(CC(=O)O)CCC1. The highest BCUT2D eigenvalue weighted by Crippen LogP contribution is 2.35. The van der Waals surface area contributed by atoms with Gasteiger partial charge in [0.05, 0.1) is 12.0 Å². The molecular weight excluding hydrogens is 270 g/mol. The number of piperazine rings is 1. The summed E-state index contributed by atoms with van der Waals surface area (Å²) in [5.41, 5.74) is -0.505.